The highest BCUT2D eigenvalue weighted by Crippen LogP contribution is 2.19. The molecule has 0 saturated heterocycles. The Hall–Kier alpha value is -3.62. The quantitative estimate of drug-likeness (QED) is 0.133. The highest BCUT2D eigenvalue weighted by atomic mass is 16.5. The van der Waals surface area contributed by atoms with E-state index in [0.717, 1.165) is 22.9 Å². The van der Waals surface area contributed by atoms with Crippen molar-refractivity contribution in [1.29, 1.82) is 0 Å². The van der Waals surface area contributed by atoms with Gasteiger partial charge in [-0.2, -0.15) is 0 Å². The molecule has 0 saturated carbocycles. The van der Waals surface area contributed by atoms with Gasteiger partial charge in [-0.1, -0.05) is 104 Å². The SMILES string of the molecule is C=C/C(C)=C/C(=C)CC.CC.CC.CC.CC.CC(=O)c1ccc2[nH]c(C(=O)c3cn(CCOCCO)nn3)cc2c1. The molecule has 0 unspecified atom stereocenters. The largest absolute Gasteiger partial charge is 0.394 e. The smallest absolute Gasteiger partial charge is 0.231 e. The standard InChI is InChI=1S/C17H18N4O4.C9H14.4C2H6/c1-11(23)12-2-3-14-13(8-12)9-15(18-14)17(24)16-10-21(20-19-16)4-6-25-7-5-22;1-5-8(3)7-9(4)6-2;4*1-2/h2-3,8-10,18,22H,4-7H2,1H3;5,7H,1,4,6H2,2-3H3;4*1-2H3/b;8-7+;;;;. The number of aromatic nitrogens is 4. The fraction of sp³-hybridized carbons (Fsp3) is 0.471. The Morgan fingerprint density at radius 1 is 1.02 bits per heavy atom. The minimum absolute atomic E-state index is 0.0256. The summed E-state index contributed by atoms with van der Waals surface area (Å²) in [6.07, 6.45) is 6.45. The summed E-state index contributed by atoms with van der Waals surface area (Å²) < 4.78 is 6.67. The predicted molar refractivity (Wildman–Crippen MR) is 178 cm³/mol. The monoisotopic (exact) mass is 584 g/mol. The molecule has 236 valence electrons. The number of aliphatic hydroxyl groups excluding tert-OH is 1. The molecule has 8 nitrogen and oxygen atoms in total. The maximum absolute atomic E-state index is 12.5. The van der Waals surface area contributed by atoms with Gasteiger partial charge < -0.3 is 14.8 Å². The van der Waals surface area contributed by atoms with Crippen LogP contribution in [0.1, 0.15) is 109 Å². The molecule has 1 aromatic carbocycles. The highest BCUT2D eigenvalue weighted by Gasteiger charge is 2.16. The molecule has 0 amide bonds. The second-order valence-electron chi connectivity index (χ2n) is 7.68. The van der Waals surface area contributed by atoms with E-state index >= 15 is 0 Å². The number of ether oxygens (including phenoxy) is 1. The highest BCUT2D eigenvalue weighted by molar-refractivity contribution is 6.09. The van der Waals surface area contributed by atoms with E-state index in [9.17, 15) is 9.59 Å². The van der Waals surface area contributed by atoms with Gasteiger partial charge in [0.05, 0.1) is 38.3 Å². The number of aliphatic hydroxyl groups is 1. The number of nitrogens with one attached hydrogen (secondary N) is 1. The maximum Gasteiger partial charge on any atom is 0.231 e. The lowest BCUT2D eigenvalue weighted by Crippen LogP contribution is -2.09. The first-order chi connectivity index (χ1) is 20.3. The van der Waals surface area contributed by atoms with Crippen molar-refractivity contribution in [3.63, 3.8) is 0 Å². The molecule has 3 aromatic rings. The van der Waals surface area contributed by atoms with Crippen LogP contribution in [0.2, 0.25) is 0 Å². The van der Waals surface area contributed by atoms with Crippen molar-refractivity contribution in [2.45, 2.75) is 89.1 Å². The molecule has 0 aliphatic carbocycles. The van der Waals surface area contributed by atoms with E-state index in [1.807, 2.05) is 74.5 Å². The second-order valence-corrected chi connectivity index (χ2v) is 7.68. The second kappa shape index (κ2) is 27.5. The van der Waals surface area contributed by atoms with Crippen LogP contribution in [-0.2, 0) is 11.3 Å². The number of carbonyl (C=O) groups is 2. The number of H-pyrrole nitrogens is 1. The van der Waals surface area contributed by atoms with Gasteiger partial charge in [0.25, 0.3) is 0 Å². The van der Waals surface area contributed by atoms with Gasteiger partial charge in [0, 0.05) is 16.5 Å². The zero-order chi connectivity index (χ0) is 33.1. The molecule has 0 fully saturated rings. The Labute approximate surface area is 254 Å². The summed E-state index contributed by atoms with van der Waals surface area (Å²) in [6, 6.07) is 6.95. The average Bonchev–Trinajstić information content (AvgIpc) is 3.70. The molecule has 2 N–H and O–H groups in total. The molecule has 42 heavy (non-hydrogen) atoms. The van der Waals surface area contributed by atoms with Gasteiger partial charge in [0.1, 0.15) is 0 Å². The minimum atomic E-state index is -0.275. The van der Waals surface area contributed by atoms with Crippen molar-refractivity contribution < 1.29 is 19.4 Å². The predicted octanol–water partition coefficient (Wildman–Crippen LogP) is 8.39. The first kappa shape index (κ1) is 42.8. The van der Waals surface area contributed by atoms with E-state index < -0.39 is 0 Å². The first-order valence-electron chi connectivity index (χ1n) is 15.0. The van der Waals surface area contributed by atoms with Crippen LogP contribution < -0.4 is 0 Å². The number of fused-ring (bicyclic) bond motifs is 1. The number of rotatable bonds is 11. The van der Waals surface area contributed by atoms with Gasteiger partial charge >= 0.3 is 0 Å². The number of aromatic amines is 1. The van der Waals surface area contributed by atoms with Crippen molar-refractivity contribution in [2.75, 3.05) is 19.8 Å². The van der Waals surface area contributed by atoms with Crippen LogP contribution in [0.15, 0.2) is 66.9 Å². The van der Waals surface area contributed by atoms with Crippen LogP contribution in [0.25, 0.3) is 10.9 Å². The summed E-state index contributed by atoms with van der Waals surface area (Å²) in [5.74, 6) is -0.301. The van der Waals surface area contributed by atoms with E-state index in [0.29, 0.717) is 24.4 Å². The summed E-state index contributed by atoms with van der Waals surface area (Å²) in [6.45, 7) is 30.1. The van der Waals surface area contributed by atoms with E-state index in [-0.39, 0.29) is 30.5 Å². The fourth-order valence-electron chi connectivity index (χ4n) is 2.93. The number of ketones is 2. The van der Waals surface area contributed by atoms with Crippen LogP contribution in [-0.4, -0.2) is 56.5 Å². The maximum atomic E-state index is 12.5. The van der Waals surface area contributed by atoms with Crippen LogP contribution in [0.4, 0.5) is 0 Å². The average molecular weight is 585 g/mol. The molecule has 0 aliphatic rings. The lowest BCUT2D eigenvalue weighted by molar-refractivity contribution is 0.0851. The van der Waals surface area contributed by atoms with Crippen molar-refractivity contribution in [1.82, 2.24) is 20.0 Å². The van der Waals surface area contributed by atoms with Gasteiger partial charge in [-0.25, -0.2) is 4.68 Å². The summed E-state index contributed by atoms with van der Waals surface area (Å²) in [5.41, 5.74) is 4.33. The molecular weight excluding hydrogens is 528 g/mol. The molecule has 2 aromatic heterocycles. The molecule has 0 atom stereocenters. The number of allylic oxidation sites excluding steroid dienone is 4. The minimum Gasteiger partial charge on any atom is -0.394 e. The number of hydrogen-bond acceptors (Lipinski definition) is 6. The summed E-state index contributed by atoms with van der Waals surface area (Å²) in [7, 11) is 0. The summed E-state index contributed by atoms with van der Waals surface area (Å²) >= 11 is 0. The van der Waals surface area contributed by atoms with E-state index in [1.54, 1.807) is 30.5 Å². The van der Waals surface area contributed by atoms with E-state index in [1.165, 1.54) is 17.2 Å². The normalized spacial score (nSPS) is 9.57. The van der Waals surface area contributed by atoms with Crippen molar-refractivity contribution in [2.24, 2.45) is 0 Å². The van der Waals surface area contributed by atoms with Crippen molar-refractivity contribution >= 4 is 22.5 Å². The zero-order valence-corrected chi connectivity index (χ0v) is 28.0. The molecule has 0 aliphatic heterocycles. The molecule has 2 heterocycles. The lowest BCUT2D eigenvalue weighted by Gasteiger charge is -2.00. The molecular formula is C34H56N4O4. The summed E-state index contributed by atoms with van der Waals surface area (Å²) in [5, 5.41) is 17.2. The Balaban J connectivity index is -0.000000753. The molecule has 3 rings (SSSR count). The van der Waals surface area contributed by atoms with Crippen LogP contribution >= 0.6 is 0 Å². The van der Waals surface area contributed by atoms with Gasteiger partial charge in [-0.15, -0.1) is 5.10 Å². The molecule has 8 heteroatoms. The number of benzene rings is 1. The van der Waals surface area contributed by atoms with E-state index in [4.69, 9.17) is 9.84 Å². The van der Waals surface area contributed by atoms with Gasteiger partial charge in [0.2, 0.25) is 5.78 Å². The van der Waals surface area contributed by atoms with Crippen molar-refractivity contribution in [3.05, 3.63) is 83.9 Å². The van der Waals surface area contributed by atoms with Crippen LogP contribution in [0, 0.1) is 0 Å². The fourth-order valence-corrected chi connectivity index (χ4v) is 2.93. The Morgan fingerprint density at radius 2 is 1.64 bits per heavy atom. The van der Waals surface area contributed by atoms with Gasteiger partial charge in [-0.3, -0.25) is 9.59 Å². The topological polar surface area (TPSA) is 110 Å². The Kier molecular flexibility index (Phi) is 28.1. The third-order valence-electron chi connectivity index (χ3n) is 4.95. The zero-order valence-electron chi connectivity index (χ0n) is 28.0. The number of carbonyl (C=O) groups excluding carboxylic acids is 2. The van der Waals surface area contributed by atoms with Gasteiger partial charge in [0.15, 0.2) is 11.5 Å². The summed E-state index contributed by atoms with van der Waals surface area (Å²) in [4.78, 5) is 27.0. The van der Waals surface area contributed by atoms with E-state index in [2.05, 4.69) is 35.4 Å². The Bertz CT molecular complexity index is 1190. The number of Topliss-reactive ketones (excluding diaryl/α,β-unsaturated/α-hetero) is 1. The number of hydrogen-bond donors (Lipinski definition) is 2. The Morgan fingerprint density at radius 3 is 2.17 bits per heavy atom. The lowest BCUT2D eigenvalue weighted by atomic mass is 10.1. The third kappa shape index (κ3) is 16.6. The molecule has 0 spiro atoms. The van der Waals surface area contributed by atoms with Crippen LogP contribution in [0.5, 0.6) is 0 Å². The van der Waals surface area contributed by atoms with Crippen LogP contribution in [0.3, 0.4) is 0 Å². The molecule has 0 radical (unpaired) electrons. The third-order valence-corrected chi connectivity index (χ3v) is 4.95. The van der Waals surface area contributed by atoms with Crippen molar-refractivity contribution in [3.8, 4) is 0 Å². The first-order valence-corrected chi connectivity index (χ1v) is 15.0. The molecule has 0 bridgehead atoms. The van der Waals surface area contributed by atoms with Gasteiger partial charge in [-0.05, 0) is 44.5 Å². The number of nitrogens with zero attached hydrogens (tertiary/aromatic N) is 3.